The average Bonchev–Trinajstić information content (AvgIpc) is 1.65. The van der Waals surface area contributed by atoms with Gasteiger partial charge in [0.15, 0.2) is 0 Å². The summed E-state index contributed by atoms with van der Waals surface area (Å²) >= 11 is 0. The molecule has 0 N–H and O–H groups in total. The standard InChI is InChI=1S/C77H72N4O/c1-50-41-72(78-48-65(50)54-35-38-66-67(44-54)77(10,11)40-39-76(66,8)9)81-68-28-16-15-25-63(68)64-37-36-60(47-71(64)81)82-59-24-19-23-58(46-59)79-49-80(70-30-18-17-29-69(70)79)73-61(53-33-31-52(32-34-53)51-21-13-12-14-22-51)26-20-27-62(73)55-42-56(74(2,3)4)45-57(43-55)75(5,6)7/h12-38,41-48H,39-40H2,1-11H3/q+2/i1D3,15D,16D,25D,28D,31D,32D,33D,34D. The largest absolute Gasteiger partial charge is 0.503 e. The SMILES string of the molecule is [2H]c1c([2H])c(-c2cccc(-c3cc(C(C)(C)C)cc(C(C)(C)C)c3)c2[N+]2=C=[N+](c3cccc(Oc4ccc5c6c([2H])c([2H])c([2H])c([2H])c6n(-c6cc(C([2H])([2H])[2H])c(-c7ccc8c(c7)C(C)(C)CCC8(C)C)cn6)c5c4)c3)c3ccccc32)c([2H])c([2H])c1-c1ccccc1. The van der Waals surface area contributed by atoms with Gasteiger partial charge in [0, 0.05) is 50.9 Å². The minimum absolute atomic E-state index is 0.0453. The van der Waals surface area contributed by atoms with Gasteiger partial charge in [-0.2, -0.15) is 0 Å². The van der Waals surface area contributed by atoms with E-state index in [0.29, 0.717) is 50.5 Å². The number of nitrogens with zero attached hydrogens (tertiary/aromatic N) is 4. The first-order valence-corrected chi connectivity index (χ1v) is 28.2. The number of fused-ring (bicyclic) bond motifs is 5. The van der Waals surface area contributed by atoms with Gasteiger partial charge < -0.3 is 4.74 Å². The van der Waals surface area contributed by atoms with Crippen molar-refractivity contribution in [2.75, 3.05) is 0 Å². The van der Waals surface area contributed by atoms with Gasteiger partial charge in [0.1, 0.15) is 17.3 Å². The smallest absolute Gasteiger partial charge is 0.457 e. The predicted octanol–water partition coefficient (Wildman–Crippen LogP) is 20.7. The van der Waals surface area contributed by atoms with Crippen LogP contribution in [-0.2, 0) is 21.7 Å². The van der Waals surface area contributed by atoms with E-state index in [-0.39, 0.29) is 91.3 Å². The van der Waals surface area contributed by atoms with Crippen molar-refractivity contribution in [1.82, 2.24) is 18.7 Å². The molecule has 0 amide bonds. The van der Waals surface area contributed by atoms with Crippen molar-refractivity contribution in [3.8, 4) is 61.8 Å². The van der Waals surface area contributed by atoms with Crippen LogP contribution >= 0.6 is 0 Å². The van der Waals surface area contributed by atoms with Crippen LogP contribution < -0.4 is 13.9 Å². The predicted molar refractivity (Wildman–Crippen MR) is 345 cm³/mol. The van der Waals surface area contributed by atoms with Gasteiger partial charge in [0.05, 0.1) is 39.2 Å². The fourth-order valence-electron chi connectivity index (χ4n) is 11.9. The van der Waals surface area contributed by atoms with E-state index in [2.05, 4.69) is 106 Å². The summed E-state index contributed by atoms with van der Waals surface area (Å²) in [5.74, 6) is 0.934. The first kappa shape index (κ1) is 41.2. The highest BCUT2D eigenvalue weighted by atomic mass is 16.5. The molecular weight excluding hydrogens is 997 g/mol. The minimum atomic E-state index is -2.61. The maximum Gasteiger partial charge on any atom is 0.503 e. The van der Waals surface area contributed by atoms with Crippen molar-refractivity contribution in [3.05, 3.63) is 240 Å². The van der Waals surface area contributed by atoms with E-state index in [1.165, 1.54) is 17.2 Å². The van der Waals surface area contributed by atoms with Gasteiger partial charge in [-0.1, -0.05) is 203 Å². The summed E-state index contributed by atoms with van der Waals surface area (Å²) in [6.45, 7) is 19.5. The van der Waals surface area contributed by atoms with E-state index in [1.54, 1.807) is 41.1 Å². The Morgan fingerprint density at radius 3 is 1.89 bits per heavy atom. The van der Waals surface area contributed by atoms with Crippen molar-refractivity contribution in [2.24, 2.45) is 0 Å². The Kier molecular flexibility index (Phi) is 9.88. The van der Waals surface area contributed by atoms with Crippen LogP contribution in [0.25, 0.3) is 72.1 Å². The number of aryl methyl sites for hydroxylation is 1. The maximum absolute atomic E-state index is 9.73. The number of aromatic nitrogens is 2. The minimum Gasteiger partial charge on any atom is -0.457 e. The van der Waals surface area contributed by atoms with E-state index in [4.69, 9.17) is 16.6 Å². The quantitative estimate of drug-likeness (QED) is 0.135. The van der Waals surface area contributed by atoms with E-state index in [0.717, 1.165) is 52.0 Å². The topological polar surface area (TPSA) is 33.1 Å². The number of benzene rings is 9. The van der Waals surface area contributed by atoms with E-state index in [9.17, 15) is 8.22 Å². The summed E-state index contributed by atoms with van der Waals surface area (Å²) in [5.41, 5.74) is 11.6. The zero-order chi connectivity index (χ0) is 66.3. The molecule has 0 atom stereocenters. The Balaban J connectivity index is 0.977. The van der Waals surface area contributed by atoms with Crippen LogP contribution in [0.1, 0.15) is 125 Å². The molecule has 0 saturated carbocycles. The fraction of sp³-hybridized carbons (Fsp3) is 0.221. The Morgan fingerprint density at radius 2 is 1.17 bits per heavy atom. The Hall–Kier alpha value is -8.89. The summed E-state index contributed by atoms with van der Waals surface area (Å²) in [4.78, 5) is 4.96. The molecule has 11 aromatic rings. The van der Waals surface area contributed by atoms with Gasteiger partial charge in [0.25, 0.3) is 11.4 Å². The monoisotopic (exact) mass is 1080 g/mol. The van der Waals surface area contributed by atoms with Gasteiger partial charge >= 0.3 is 6.01 Å². The lowest BCUT2D eigenvalue weighted by Crippen LogP contribution is -2.33. The van der Waals surface area contributed by atoms with Crippen LogP contribution in [0.5, 0.6) is 11.5 Å². The first-order chi connectivity index (χ1) is 43.8. The van der Waals surface area contributed by atoms with Gasteiger partial charge in [-0.25, -0.2) is 4.98 Å². The van der Waals surface area contributed by atoms with Crippen molar-refractivity contribution in [3.63, 3.8) is 0 Å². The highest BCUT2D eigenvalue weighted by Crippen LogP contribution is 2.49. The molecule has 0 spiro atoms. The maximum atomic E-state index is 9.73. The number of hydrogen-bond donors (Lipinski definition) is 0. The highest BCUT2D eigenvalue weighted by molar-refractivity contribution is 6.09. The zero-order valence-electron chi connectivity index (χ0n) is 59.2. The Morgan fingerprint density at radius 1 is 0.524 bits per heavy atom. The molecular formula is C77H72N4O+2. The lowest BCUT2D eigenvalue weighted by atomic mass is 9.63. The molecule has 0 fully saturated rings. The molecule has 1 aliphatic heterocycles. The van der Waals surface area contributed by atoms with Crippen molar-refractivity contribution in [1.29, 1.82) is 0 Å². The second-order valence-electron chi connectivity index (χ2n) is 25.3. The summed E-state index contributed by atoms with van der Waals surface area (Å²) < 4.78 is 114. The van der Waals surface area contributed by atoms with Crippen LogP contribution in [0.4, 0.5) is 22.7 Å². The molecule has 3 heterocycles. The molecule has 404 valence electrons. The molecule has 0 unspecified atom stereocenters. The molecule has 82 heavy (non-hydrogen) atoms. The molecule has 2 aliphatic rings. The third-order valence-electron chi connectivity index (χ3n) is 16.7. The molecule has 5 nitrogen and oxygen atoms in total. The molecule has 2 aromatic heterocycles. The van der Waals surface area contributed by atoms with Gasteiger partial charge in [-0.15, -0.1) is 0 Å². The number of rotatable bonds is 9. The summed E-state index contributed by atoms with van der Waals surface area (Å²) in [5, 5.41) is 0.730. The average molecular weight is 1080 g/mol. The summed E-state index contributed by atoms with van der Waals surface area (Å²) in [6, 6.07) is 51.6. The molecule has 13 rings (SSSR count). The molecule has 5 heteroatoms. The lowest BCUT2D eigenvalue weighted by molar-refractivity contribution is 0.332. The van der Waals surface area contributed by atoms with Crippen molar-refractivity contribution < 1.29 is 19.8 Å². The number of ether oxygens (including phenoxy) is 1. The lowest BCUT2D eigenvalue weighted by Gasteiger charge is -2.42. The number of hydrogen-bond acceptors (Lipinski definition) is 2. The van der Waals surface area contributed by atoms with Gasteiger partial charge in [-0.3, -0.25) is 4.57 Å². The first-order valence-electron chi connectivity index (χ1n) is 33.7. The van der Waals surface area contributed by atoms with Crippen molar-refractivity contribution >= 4 is 50.6 Å². The second-order valence-corrected chi connectivity index (χ2v) is 25.3. The van der Waals surface area contributed by atoms with Crippen LogP contribution in [0.3, 0.4) is 0 Å². The normalized spacial score (nSPS) is 16.6. The molecule has 1 aliphatic carbocycles. The highest BCUT2D eigenvalue weighted by Gasteiger charge is 2.40. The summed E-state index contributed by atoms with van der Waals surface area (Å²) in [6.07, 6.45) is 3.57. The van der Waals surface area contributed by atoms with Crippen LogP contribution in [-0.4, -0.2) is 15.6 Å². The van der Waals surface area contributed by atoms with E-state index < -0.39 is 18.9 Å². The van der Waals surface area contributed by atoms with E-state index in [1.807, 2.05) is 100 Å². The molecule has 0 saturated heterocycles. The van der Waals surface area contributed by atoms with Crippen molar-refractivity contribution in [2.45, 2.75) is 111 Å². The molecule has 0 bridgehead atoms. The third kappa shape index (κ3) is 9.37. The van der Waals surface area contributed by atoms with Gasteiger partial charge in [0.2, 0.25) is 11.4 Å². The molecule has 9 aromatic carbocycles. The van der Waals surface area contributed by atoms with Crippen LogP contribution in [0.15, 0.2) is 212 Å². The summed E-state index contributed by atoms with van der Waals surface area (Å²) in [7, 11) is 0. The zero-order valence-corrected chi connectivity index (χ0v) is 48.2. The number of para-hydroxylation sites is 4. The third-order valence-corrected chi connectivity index (χ3v) is 16.7. The Labute approximate surface area is 499 Å². The fourth-order valence-corrected chi connectivity index (χ4v) is 11.9. The van der Waals surface area contributed by atoms with Gasteiger partial charge in [-0.05, 0) is 149 Å². The number of pyridine rings is 1. The van der Waals surface area contributed by atoms with Crippen LogP contribution in [0.2, 0.25) is 0 Å². The van der Waals surface area contributed by atoms with Crippen LogP contribution in [0, 0.1) is 6.85 Å². The molecule has 0 radical (unpaired) electrons. The van der Waals surface area contributed by atoms with E-state index >= 15 is 0 Å². The Bertz CT molecular complexity index is 4980. The second kappa shape index (κ2) is 19.7.